The third-order valence-electron chi connectivity index (χ3n) is 4.28. The molecule has 0 saturated carbocycles. The molecule has 1 saturated heterocycles. The van der Waals surface area contributed by atoms with Crippen LogP contribution >= 0.6 is 0 Å². The summed E-state index contributed by atoms with van der Waals surface area (Å²) in [4.78, 5) is 14.6. The number of amides is 1. The average molecular weight is 241 g/mol. The Labute approximate surface area is 105 Å². The van der Waals surface area contributed by atoms with Crippen molar-refractivity contribution in [2.75, 3.05) is 26.7 Å². The van der Waals surface area contributed by atoms with Crippen LogP contribution in [0.15, 0.2) is 0 Å². The third-order valence-corrected chi connectivity index (χ3v) is 4.28. The molecular formula is C13H27N3O. The Kier molecular flexibility index (Phi) is 5.40. The van der Waals surface area contributed by atoms with Crippen molar-refractivity contribution in [3.63, 3.8) is 0 Å². The molecule has 1 aliphatic heterocycles. The molecule has 17 heavy (non-hydrogen) atoms. The molecule has 0 aromatic heterocycles. The number of rotatable bonds is 5. The van der Waals surface area contributed by atoms with Gasteiger partial charge in [-0.05, 0) is 45.8 Å². The minimum Gasteiger partial charge on any atom is -0.353 e. The van der Waals surface area contributed by atoms with E-state index in [-0.39, 0.29) is 11.3 Å². The first-order chi connectivity index (χ1) is 8.07. The molecule has 1 amide bonds. The molecule has 4 heteroatoms. The van der Waals surface area contributed by atoms with E-state index in [1.165, 1.54) is 0 Å². The maximum Gasteiger partial charge on any atom is 0.227 e. The van der Waals surface area contributed by atoms with Gasteiger partial charge in [0.1, 0.15) is 0 Å². The van der Waals surface area contributed by atoms with Gasteiger partial charge in [-0.3, -0.25) is 4.79 Å². The van der Waals surface area contributed by atoms with E-state index in [0.717, 1.165) is 38.8 Å². The maximum atomic E-state index is 12.3. The van der Waals surface area contributed by atoms with Gasteiger partial charge in [0, 0.05) is 12.6 Å². The predicted octanol–water partition coefficient (Wildman–Crippen LogP) is 0.962. The first-order valence-electron chi connectivity index (χ1n) is 6.77. The van der Waals surface area contributed by atoms with Gasteiger partial charge in [-0.15, -0.1) is 0 Å². The van der Waals surface area contributed by atoms with E-state index in [2.05, 4.69) is 17.3 Å². The van der Waals surface area contributed by atoms with Gasteiger partial charge in [0.25, 0.3) is 0 Å². The Hall–Kier alpha value is -0.610. The van der Waals surface area contributed by atoms with Crippen LogP contribution in [0.2, 0.25) is 0 Å². The largest absolute Gasteiger partial charge is 0.353 e. The molecule has 0 aromatic carbocycles. The first kappa shape index (κ1) is 14.5. The van der Waals surface area contributed by atoms with E-state index in [1.54, 1.807) is 0 Å². The minimum absolute atomic E-state index is 0.152. The van der Waals surface area contributed by atoms with Crippen molar-refractivity contribution in [1.82, 2.24) is 10.2 Å². The lowest BCUT2D eigenvalue weighted by Gasteiger charge is -2.34. The van der Waals surface area contributed by atoms with Gasteiger partial charge in [-0.2, -0.15) is 0 Å². The Balaban J connectivity index is 2.52. The fraction of sp³-hybridized carbons (Fsp3) is 0.923. The van der Waals surface area contributed by atoms with E-state index in [0.29, 0.717) is 12.6 Å². The summed E-state index contributed by atoms with van der Waals surface area (Å²) in [6.45, 7) is 6.67. The molecule has 1 heterocycles. The SMILES string of the molecule is CCC(CC)(CN)C(=O)NC1CCN(C)CC1. The Bertz CT molecular complexity index is 235. The molecule has 1 rings (SSSR count). The zero-order chi connectivity index (χ0) is 12.9. The second kappa shape index (κ2) is 6.36. The van der Waals surface area contributed by atoms with Crippen molar-refractivity contribution in [2.24, 2.45) is 11.1 Å². The standard InChI is InChI=1S/C13H27N3O/c1-4-13(5-2,10-14)12(17)15-11-6-8-16(3)9-7-11/h11H,4-10,14H2,1-3H3,(H,15,17). The lowest BCUT2D eigenvalue weighted by Crippen LogP contribution is -2.51. The maximum absolute atomic E-state index is 12.3. The third kappa shape index (κ3) is 3.42. The lowest BCUT2D eigenvalue weighted by atomic mass is 9.81. The van der Waals surface area contributed by atoms with Crippen molar-refractivity contribution < 1.29 is 4.79 Å². The molecule has 0 aliphatic carbocycles. The molecule has 4 nitrogen and oxygen atoms in total. The van der Waals surface area contributed by atoms with E-state index >= 15 is 0 Å². The van der Waals surface area contributed by atoms with Crippen LogP contribution in [0.3, 0.4) is 0 Å². The van der Waals surface area contributed by atoms with Crippen LogP contribution in [-0.2, 0) is 4.79 Å². The molecule has 0 bridgehead atoms. The van der Waals surface area contributed by atoms with Crippen LogP contribution in [0.4, 0.5) is 0 Å². The summed E-state index contributed by atoms with van der Waals surface area (Å²) in [7, 11) is 2.13. The monoisotopic (exact) mass is 241 g/mol. The molecule has 1 aliphatic rings. The number of likely N-dealkylation sites (tertiary alicyclic amines) is 1. The normalized spacial score (nSPS) is 19.3. The Morgan fingerprint density at radius 2 is 1.88 bits per heavy atom. The van der Waals surface area contributed by atoms with Crippen LogP contribution in [0.25, 0.3) is 0 Å². The summed E-state index contributed by atoms with van der Waals surface area (Å²) in [6.07, 6.45) is 3.74. The fourth-order valence-corrected chi connectivity index (χ4v) is 2.44. The topological polar surface area (TPSA) is 58.4 Å². The van der Waals surface area contributed by atoms with E-state index in [1.807, 2.05) is 13.8 Å². The fourth-order valence-electron chi connectivity index (χ4n) is 2.44. The second-order valence-electron chi connectivity index (χ2n) is 5.24. The summed E-state index contributed by atoms with van der Waals surface area (Å²) in [5, 5.41) is 3.19. The number of nitrogens with two attached hydrogens (primary N) is 1. The number of hydrogen-bond donors (Lipinski definition) is 2. The van der Waals surface area contributed by atoms with Crippen molar-refractivity contribution in [1.29, 1.82) is 0 Å². The van der Waals surface area contributed by atoms with Crippen molar-refractivity contribution in [3.05, 3.63) is 0 Å². The number of carbonyl (C=O) groups excluding carboxylic acids is 1. The quantitative estimate of drug-likeness (QED) is 0.754. The Morgan fingerprint density at radius 3 is 2.29 bits per heavy atom. The number of nitrogens with one attached hydrogen (secondary N) is 1. The highest BCUT2D eigenvalue weighted by molar-refractivity contribution is 5.83. The zero-order valence-corrected chi connectivity index (χ0v) is 11.5. The average Bonchev–Trinajstić information content (AvgIpc) is 2.35. The summed E-state index contributed by atoms with van der Waals surface area (Å²) < 4.78 is 0. The minimum atomic E-state index is -0.358. The smallest absolute Gasteiger partial charge is 0.227 e. The van der Waals surface area contributed by atoms with Crippen LogP contribution in [0.5, 0.6) is 0 Å². The van der Waals surface area contributed by atoms with Gasteiger partial charge in [0.05, 0.1) is 5.41 Å². The van der Waals surface area contributed by atoms with E-state index in [4.69, 9.17) is 5.73 Å². The second-order valence-corrected chi connectivity index (χ2v) is 5.24. The lowest BCUT2D eigenvalue weighted by molar-refractivity contribution is -0.132. The molecule has 0 radical (unpaired) electrons. The summed E-state index contributed by atoms with van der Waals surface area (Å²) in [6, 6.07) is 0.336. The van der Waals surface area contributed by atoms with Crippen LogP contribution in [-0.4, -0.2) is 43.5 Å². The first-order valence-corrected chi connectivity index (χ1v) is 6.77. The summed E-state index contributed by atoms with van der Waals surface area (Å²) in [5.41, 5.74) is 5.43. The predicted molar refractivity (Wildman–Crippen MR) is 70.7 cm³/mol. The Morgan fingerprint density at radius 1 is 1.35 bits per heavy atom. The summed E-state index contributed by atoms with van der Waals surface area (Å²) >= 11 is 0. The van der Waals surface area contributed by atoms with E-state index < -0.39 is 0 Å². The number of hydrogen-bond acceptors (Lipinski definition) is 3. The van der Waals surface area contributed by atoms with Crippen LogP contribution < -0.4 is 11.1 Å². The number of nitrogens with zero attached hydrogens (tertiary/aromatic N) is 1. The van der Waals surface area contributed by atoms with Gasteiger partial charge < -0.3 is 16.0 Å². The molecule has 100 valence electrons. The molecule has 3 N–H and O–H groups in total. The van der Waals surface area contributed by atoms with E-state index in [9.17, 15) is 4.79 Å². The molecule has 0 spiro atoms. The van der Waals surface area contributed by atoms with Gasteiger partial charge in [-0.25, -0.2) is 0 Å². The highest BCUT2D eigenvalue weighted by Crippen LogP contribution is 2.25. The van der Waals surface area contributed by atoms with Gasteiger partial charge in [0.15, 0.2) is 0 Å². The van der Waals surface area contributed by atoms with Crippen molar-refractivity contribution in [3.8, 4) is 0 Å². The van der Waals surface area contributed by atoms with Gasteiger partial charge in [0.2, 0.25) is 5.91 Å². The number of piperidine rings is 1. The number of carbonyl (C=O) groups is 1. The highest BCUT2D eigenvalue weighted by Gasteiger charge is 2.34. The zero-order valence-electron chi connectivity index (χ0n) is 11.5. The summed E-state index contributed by atoms with van der Waals surface area (Å²) in [5.74, 6) is 0.152. The van der Waals surface area contributed by atoms with Gasteiger partial charge >= 0.3 is 0 Å². The van der Waals surface area contributed by atoms with Crippen LogP contribution in [0, 0.1) is 5.41 Å². The highest BCUT2D eigenvalue weighted by atomic mass is 16.2. The molecule has 1 fully saturated rings. The molecule has 0 unspecified atom stereocenters. The molecule has 0 atom stereocenters. The molecular weight excluding hydrogens is 214 g/mol. The van der Waals surface area contributed by atoms with Crippen molar-refractivity contribution in [2.45, 2.75) is 45.6 Å². The van der Waals surface area contributed by atoms with Gasteiger partial charge in [-0.1, -0.05) is 13.8 Å². The van der Waals surface area contributed by atoms with Crippen molar-refractivity contribution >= 4 is 5.91 Å². The van der Waals surface area contributed by atoms with Crippen LogP contribution in [0.1, 0.15) is 39.5 Å². The molecule has 0 aromatic rings.